The van der Waals surface area contributed by atoms with Gasteiger partial charge >= 0.3 is 0 Å². The van der Waals surface area contributed by atoms with Gasteiger partial charge < -0.3 is 15.4 Å². The Kier molecular flexibility index (Phi) is 8.63. The van der Waals surface area contributed by atoms with Crippen LogP contribution in [-0.4, -0.2) is 59.5 Å². The molecule has 1 aliphatic rings. The van der Waals surface area contributed by atoms with E-state index in [9.17, 15) is 8.42 Å². The molecule has 0 saturated heterocycles. The SMILES string of the molecule is CCNC(=NCC(C)(C)NS(C)(=O)=O)NCC1(CCOC)CCCC1. The Morgan fingerprint density at radius 2 is 1.88 bits per heavy atom. The molecule has 0 spiro atoms. The lowest BCUT2D eigenvalue weighted by molar-refractivity contribution is 0.138. The van der Waals surface area contributed by atoms with E-state index in [4.69, 9.17) is 4.74 Å². The van der Waals surface area contributed by atoms with Crippen LogP contribution in [0.2, 0.25) is 0 Å². The second-order valence-corrected chi connectivity index (χ2v) is 9.51. The average Bonchev–Trinajstić information content (AvgIpc) is 2.95. The van der Waals surface area contributed by atoms with Crippen LogP contribution in [0.3, 0.4) is 0 Å². The molecule has 1 rings (SSSR count). The van der Waals surface area contributed by atoms with Crippen LogP contribution < -0.4 is 15.4 Å². The first-order valence-electron chi connectivity index (χ1n) is 9.11. The molecule has 7 nitrogen and oxygen atoms in total. The molecule has 0 unspecified atom stereocenters. The van der Waals surface area contributed by atoms with Gasteiger partial charge in [0.15, 0.2) is 5.96 Å². The smallest absolute Gasteiger partial charge is 0.209 e. The van der Waals surface area contributed by atoms with Gasteiger partial charge in [-0.1, -0.05) is 12.8 Å². The summed E-state index contributed by atoms with van der Waals surface area (Å²) < 4.78 is 30.8. The van der Waals surface area contributed by atoms with Gasteiger partial charge in [0.1, 0.15) is 0 Å². The first-order chi connectivity index (χ1) is 11.6. The molecule has 0 aromatic rings. The molecule has 25 heavy (non-hydrogen) atoms. The van der Waals surface area contributed by atoms with Crippen LogP contribution >= 0.6 is 0 Å². The maximum absolute atomic E-state index is 11.5. The number of nitrogens with zero attached hydrogens (tertiary/aromatic N) is 1. The zero-order chi connectivity index (χ0) is 19.0. The molecule has 1 fully saturated rings. The van der Waals surface area contributed by atoms with Crippen molar-refractivity contribution in [3.05, 3.63) is 0 Å². The minimum absolute atomic E-state index is 0.271. The highest BCUT2D eigenvalue weighted by Gasteiger charge is 2.33. The van der Waals surface area contributed by atoms with Crippen molar-refractivity contribution in [1.82, 2.24) is 15.4 Å². The van der Waals surface area contributed by atoms with Crippen LogP contribution in [0.1, 0.15) is 52.9 Å². The normalized spacial score (nSPS) is 18.4. The average molecular weight is 377 g/mol. The van der Waals surface area contributed by atoms with Gasteiger partial charge in [0.25, 0.3) is 0 Å². The standard InChI is InChI=1S/C17H36N4O3S/c1-6-18-15(19-13-16(2,3)21-25(5,22)23)20-14-17(11-12-24-4)9-7-8-10-17/h21H,6-14H2,1-5H3,(H2,18,19,20). The lowest BCUT2D eigenvalue weighted by Gasteiger charge is -2.30. The molecule has 0 aromatic carbocycles. The molecule has 0 atom stereocenters. The van der Waals surface area contributed by atoms with Gasteiger partial charge in [-0.05, 0) is 45.4 Å². The van der Waals surface area contributed by atoms with Gasteiger partial charge in [0.2, 0.25) is 10.0 Å². The molecular formula is C17H36N4O3S. The van der Waals surface area contributed by atoms with E-state index in [1.165, 1.54) is 31.9 Å². The van der Waals surface area contributed by atoms with E-state index in [0.29, 0.717) is 6.54 Å². The predicted octanol–water partition coefficient (Wildman–Crippen LogP) is 1.47. The minimum Gasteiger partial charge on any atom is -0.385 e. The van der Waals surface area contributed by atoms with E-state index in [2.05, 4.69) is 20.3 Å². The third-order valence-corrected chi connectivity index (χ3v) is 5.49. The number of rotatable bonds is 10. The minimum atomic E-state index is -3.26. The lowest BCUT2D eigenvalue weighted by Crippen LogP contribution is -2.47. The molecule has 3 N–H and O–H groups in total. The Balaban J connectivity index is 2.68. The van der Waals surface area contributed by atoms with Crippen molar-refractivity contribution in [2.75, 3.05) is 39.6 Å². The van der Waals surface area contributed by atoms with Gasteiger partial charge in [-0.25, -0.2) is 13.1 Å². The number of hydrogen-bond donors (Lipinski definition) is 3. The first kappa shape index (κ1) is 22.2. The lowest BCUT2D eigenvalue weighted by atomic mass is 9.83. The number of guanidine groups is 1. The highest BCUT2D eigenvalue weighted by Crippen LogP contribution is 2.40. The second-order valence-electron chi connectivity index (χ2n) is 7.76. The van der Waals surface area contributed by atoms with Gasteiger partial charge in [-0.15, -0.1) is 0 Å². The van der Waals surface area contributed by atoms with Crippen molar-refractivity contribution in [1.29, 1.82) is 0 Å². The Bertz CT molecular complexity index is 526. The molecule has 0 bridgehead atoms. The summed E-state index contributed by atoms with van der Waals surface area (Å²) in [5.41, 5.74) is -0.357. The summed E-state index contributed by atoms with van der Waals surface area (Å²) in [7, 11) is -1.51. The third-order valence-electron chi connectivity index (χ3n) is 4.57. The van der Waals surface area contributed by atoms with Crippen molar-refractivity contribution in [3.8, 4) is 0 Å². The molecule has 0 aromatic heterocycles. The first-order valence-corrected chi connectivity index (χ1v) is 11.0. The quantitative estimate of drug-likeness (QED) is 0.397. The molecule has 1 saturated carbocycles. The topological polar surface area (TPSA) is 91.8 Å². The van der Waals surface area contributed by atoms with E-state index in [1.54, 1.807) is 7.11 Å². The fourth-order valence-corrected chi connectivity index (χ4v) is 4.45. The van der Waals surface area contributed by atoms with Gasteiger partial charge in [-0.3, -0.25) is 4.99 Å². The van der Waals surface area contributed by atoms with E-state index in [-0.39, 0.29) is 5.41 Å². The number of sulfonamides is 1. The van der Waals surface area contributed by atoms with E-state index in [1.807, 2.05) is 20.8 Å². The summed E-state index contributed by atoms with van der Waals surface area (Å²) in [6.07, 6.45) is 7.18. The Labute approximate surface area is 153 Å². The van der Waals surface area contributed by atoms with Crippen molar-refractivity contribution in [2.24, 2.45) is 10.4 Å². The van der Waals surface area contributed by atoms with Crippen LogP contribution in [0, 0.1) is 5.41 Å². The van der Waals surface area contributed by atoms with Crippen LogP contribution in [-0.2, 0) is 14.8 Å². The maximum Gasteiger partial charge on any atom is 0.209 e. The van der Waals surface area contributed by atoms with E-state index < -0.39 is 15.6 Å². The van der Waals surface area contributed by atoms with Crippen LogP contribution in [0.15, 0.2) is 4.99 Å². The number of ether oxygens (including phenoxy) is 1. The molecule has 1 aliphatic carbocycles. The molecule has 0 amide bonds. The van der Waals surface area contributed by atoms with Crippen molar-refractivity contribution < 1.29 is 13.2 Å². The molecule has 0 heterocycles. The summed E-state index contributed by atoms with van der Waals surface area (Å²) in [5.74, 6) is 0.731. The van der Waals surface area contributed by atoms with Crippen LogP contribution in [0.4, 0.5) is 0 Å². The summed E-state index contributed by atoms with van der Waals surface area (Å²) in [4.78, 5) is 4.58. The molecule has 148 valence electrons. The van der Waals surface area contributed by atoms with Crippen LogP contribution in [0.25, 0.3) is 0 Å². The molecule has 0 aliphatic heterocycles. The van der Waals surface area contributed by atoms with Gasteiger partial charge in [-0.2, -0.15) is 0 Å². The zero-order valence-corrected chi connectivity index (χ0v) is 17.3. The zero-order valence-electron chi connectivity index (χ0n) is 16.4. The maximum atomic E-state index is 11.5. The van der Waals surface area contributed by atoms with Crippen molar-refractivity contribution in [3.63, 3.8) is 0 Å². The number of hydrogen-bond acceptors (Lipinski definition) is 4. The monoisotopic (exact) mass is 376 g/mol. The summed E-state index contributed by atoms with van der Waals surface area (Å²) in [6, 6.07) is 0. The molecule has 0 radical (unpaired) electrons. The van der Waals surface area contributed by atoms with Gasteiger partial charge in [0.05, 0.1) is 12.8 Å². The number of nitrogens with one attached hydrogen (secondary N) is 3. The van der Waals surface area contributed by atoms with Crippen molar-refractivity contribution in [2.45, 2.75) is 58.4 Å². The third kappa shape index (κ3) is 8.87. The Morgan fingerprint density at radius 1 is 1.24 bits per heavy atom. The molecular weight excluding hydrogens is 340 g/mol. The Morgan fingerprint density at radius 3 is 2.40 bits per heavy atom. The van der Waals surface area contributed by atoms with Crippen molar-refractivity contribution >= 4 is 16.0 Å². The van der Waals surface area contributed by atoms with Gasteiger partial charge in [0, 0.05) is 32.3 Å². The van der Waals surface area contributed by atoms with Crippen LogP contribution in [0.5, 0.6) is 0 Å². The Hall–Kier alpha value is -0.860. The highest BCUT2D eigenvalue weighted by molar-refractivity contribution is 7.88. The summed E-state index contributed by atoms with van der Waals surface area (Å²) in [5, 5.41) is 6.70. The second kappa shape index (κ2) is 9.73. The summed E-state index contributed by atoms with van der Waals surface area (Å²) in [6.45, 7) is 8.45. The predicted molar refractivity (Wildman–Crippen MR) is 103 cm³/mol. The highest BCUT2D eigenvalue weighted by atomic mass is 32.2. The number of methoxy groups -OCH3 is 1. The largest absolute Gasteiger partial charge is 0.385 e. The summed E-state index contributed by atoms with van der Waals surface area (Å²) >= 11 is 0. The van der Waals surface area contributed by atoms with E-state index >= 15 is 0 Å². The fourth-order valence-electron chi connectivity index (χ4n) is 3.38. The number of aliphatic imine (C=N–C) groups is 1. The fraction of sp³-hybridized carbons (Fsp3) is 0.941. The molecule has 8 heteroatoms. The van der Waals surface area contributed by atoms with E-state index in [0.717, 1.165) is 32.1 Å².